The Morgan fingerprint density at radius 1 is 1.33 bits per heavy atom. The molecule has 1 fully saturated rings. The summed E-state index contributed by atoms with van der Waals surface area (Å²) in [5, 5.41) is 6.98. The minimum atomic E-state index is 0.0712. The van der Waals surface area contributed by atoms with E-state index >= 15 is 0 Å². The number of anilines is 1. The Kier molecular flexibility index (Phi) is 7.90. The van der Waals surface area contributed by atoms with Crippen LogP contribution in [0.3, 0.4) is 0 Å². The molecular weight excluding hydrogens is 338 g/mol. The Hall–Kier alpha value is -1.82. The summed E-state index contributed by atoms with van der Waals surface area (Å²) in [7, 11) is 1.76. The lowest BCUT2D eigenvalue weighted by atomic mass is 9.89. The molecule has 0 aliphatic carbocycles. The number of rotatable bonds is 6. The molecule has 0 saturated carbocycles. The predicted molar refractivity (Wildman–Crippen MR) is 114 cm³/mol. The average Bonchev–Trinajstić information content (AvgIpc) is 2.62. The van der Waals surface area contributed by atoms with Crippen LogP contribution in [0.5, 0.6) is 0 Å². The standard InChI is InChI=1S/C21H37N5O/c1-7-22-20(23-15-18(27-6)21(3,4)5)25-17-11-13-26(14-12-17)19-10-8-9-16(2)24-19/h8-10,17-18H,7,11-15H2,1-6H3,(H2,22,23,25). The van der Waals surface area contributed by atoms with Crippen LogP contribution in [0.4, 0.5) is 5.82 Å². The third-order valence-electron chi connectivity index (χ3n) is 5.04. The highest BCUT2D eigenvalue weighted by Crippen LogP contribution is 2.22. The van der Waals surface area contributed by atoms with Crippen molar-refractivity contribution in [3.8, 4) is 0 Å². The second-order valence-corrected chi connectivity index (χ2v) is 8.35. The van der Waals surface area contributed by atoms with E-state index in [-0.39, 0.29) is 11.5 Å². The monoisotopic (exact) mass is 375 g/mol. The lowest BCUT2D eigenvalue weighted by molar-refractivity contribution is 0.0241. The Bertz CT molecular complexity index is 603. The van der Waals surface area contributed by atoms with E-state index in [1.165, 1.54) is 0 Å². The number of hydrogen-bond acceptors (Lipinski definition) is 4. The number of methoxy groups -OCH3 is 1. The predicted octanol–water partition coefficient (Wildman–Crippen LogP) is 2.98. The smallest absolute Gasteiger partial charge is 0.191 e. The average molecular weight is 376 g/mol. The van der Waals surface area contributed by atoms with Gasteiger partial charge >= 0.3 is 0 Å². The molecule has 2 rings (SSSR count). The van der Waals surface area contributed by atoms with Crippen LogP contribution in [-0.2, 0) is 4.74 Å². The summed E-state index contributed by atoms with van der Waals surface area (Å²) >= 11 is 0. The zero-order chi connectivity index (χ0) is 19.9. The number of ether oxygens (including phenoxy) is 1. The van der Waals surface area contributed by atoms with Crippen molar-refractivity contribution in [2.75, 3.05) is 38.2 Å². The van der Waals surface area contributed by atoms with Gasteiger partial charge in [0.2, 0.25) is 0 Å². The summed E-state index contributed by atoms with van der Waals surface area (Å²) in [6.45, 7) is 14.2. The number of piperidine rings is 1. The number of nitrogens with one attached hydrogen (secondary N) is 2. The second-order valence-electron chi connectivity index (χ2n) is 8.35. The first-order valence-corrected chi connectivity index (χ1v) is 10.1. The third kappa shape index (κ3) is 6.69. The van der Waals surface area contributed by atoms with Crippen molar-refractivity contribution in [2.45, 2.75) is 59.6 Å². The topological polar surface area (TPSA) is 61.8 Å². The van der Waals surface area contributed by atoms with Crippen LogP contribution in [0, 0.1) is 12.3 Å². The van der Waals surface area contributed by atoms with Crippen LogP contribution in [0.1, 0.15) is 46.2 Å². The molecule has 0 spiro atoms. The number of nitrogens with zero attached hydrogens (tertiary/aromatic N) is 3. The first-order chi connectivity index (χ1) is 12.8. The van der Waals surface area contributed by atoms with Crippen molar-refractivity contribution in [1.29, 1.82) is 0 Å². The van der Waals surface area contributed by atoms with E-state index in [4.69, 9.17) is 9.73 Å². The summed E-state index contributed by atoms with van der Waals surface area (Å²) in [5.41, 5.74) is 1.14. The molecule has 0 aromatic carbocycles. The first-order valence-electron chi connectivity index (χ1n) is 10.1. The number of aromatic nitrogens is 1. The Morgan fingerprint density at radius 2 is 2.04 bits per heavy atom. The molecule has 1 atom stereocenters. The van der Waals surface area contributed by atoms with E-state index in [1.54, 1.807) is 7.11 Å². The lowest BCUT2D eigenvalue weighted by Gasteiger charge is -2.34. The van der Waals surface area contributed by atoms with Crippen LogP contribution < -0.4 is 15.5 Å². The van der Waals surface area contributed by atoms with Crippen LogP contribution in [-0.4, -0.2) is 56.4 Å². The highest BCUT2D eigenvalue weighted by atomic mass is 16.5. The number of hydrogen-bond donors (Lipinski definition) is 2. The van der Waals surface area contributed by atoms with Crippen molar-refractivity contribution in [1.82, 2.24) is 15.6 Å². The largest absolute Gasteiger partial charge is 0.379 e. The fourth-order valence-electron chi connectivity index (χ4n) is 3.35. The van der Waals surface area contributed by atoms with Gasteiger partial charge in [0.1, 0.15) is 5.82 Å². The van der Waals surface area contributed by atoms with Crippen LogP contribution >= 0.6 is 0 Å². The zero-order valence-corrected chi connectivity index (χ0v) is 17.9. The van der Waals surface area contributed by atoms with Crippen molar-refractivity contribution in [3.05, 3.63) is 23.9 Å². The molecule has 1 aliphatic heterocycles. The van der Waals surface area contributed by atoms with Crippen LogP contribution in [0.15, 0.2) is 23.2 Å². The number of aliphatic imine (C=N–C) groups is 1. The molecule has 152 valence electrons. The molecule has 2 N–H and O–H groups in total. The van der Waals surface area contributed by atoms with Gasteiger partial charge in [0, 0.05) is 38.5 Å². The van der Waals surface area contributed by atoms with Gasteiger partial charge in [-0.15, -0.1) is 0 Å². The highest BCUT2D eigenvalue weighted by Gasteiger charge is 2.25. The van der Waals surface area contributed by atoms with Gasteiger partial charge in [-0.1, -0.05) is 26.8 Å². The van der Waals surface area contributed by atoms with Gasteiger partial charge in [0.15, 0.2) is 5.96 Å². The Balaban J connectivity index is 1.91. The summed E-state index contributed by atoms with van der Waals surface area (Å²) in [5.74, 6) is 1.97. The molecule has 1 unspecified atom stereocenters. The maximum atomic E-state index is 5.63. The first kappa shape index (κ1) is 21.5. The fraction of sp³-hybridized carbons (Fsp3) is 0.714. The van der Waals surface area contributed by atoms with Gasteiger partial charge in [-0.25, -0.2) is 4.98 Å². The normalized spacial score (nSPS) is 17.7. The molecule has 6 nitrogen and oxygen atoms in total. The second kappa shape index (κ2) is 9.93. The molecule has 2 heterocycles. The molecule has 1 saturated heterocycles. The Labute approximate surface area is 164 Å². The van der Waals surface area contributed by atoms with E-state index in [2.05, 4.69) is 60.3 Å². The van der Waals surface area contributed by atoms with Gasteiger partial charge in [-0.3, -0.25) is 4.99 Å². The molecule has 1 aromatic heterocycles. The van der Waals surface area contributed by atoms with E-state index in [0.29, 0.717) is 12.6 Å². The summed E-state index contributed by atoms with van der Waals surface area (Å²) in [6.07, 6.45) is 2.25. The summed E-state index contributed by atoms with van der Waals surface area (Å²) in [4.78, 5) is 11.8. The number of pyridine rings is 1. The molecular formula is C21H37N5O. The van der Waals surface area contributed by atoms with Gasteiger partial charge in [0.05, 0.1) is 12.6 Å². The molecule has 1 aromatic rings. The molecule has 0 amide bonds. The maximum Gasteiger partial charge on any atom is 0.191 e. The molecule has 27 heavy (non-hydrogen) atoms. The number of aryl methyl sites for hydroxylation is 1. The van der Waals surface area contributed by atoms with Gasteiger partial charge in [-0.2, -0.15) is 0 Å². The van der Waals surface area contributed by atoms with E-state index in [9.17, 15) is 0 Å². The maximum absolute atomic E-state index is 5.63. The number of guanidine groups is 1. The Morgan fingerprint density at radius 3 is 2.59 bits per heavy atom. The molecule has 0 radical (unpaired) electrons. The van der Waals surface area contributed by atoms with E-state index in [0.717, 1.165) is 49.9 Å². The van der Waals surface area contributed by atoms with Gasteiger partial charge in [0.25, 0.3) is 0 Å². The van der Waals surface area contributed by atoms with Crippen molar-refractivity contribution in [2.24, 2.45) is 10.4 Å². The molecule has 6 heteroatoms. The van der Waals surface area contributed by atoms with Crippen LogP contribution in [0.25, 0.3) is 0 Å². The van der Waals surface area contributed by atoms with Crippen LogP contribution in [0.2, 0.25) is 0 Å². The summed E-state index contributed by atoms with van der Waals surface area (Å²) in [6, 6.07) is 6.66. The van der Waals surface area contributed by atoms with Gasteiger partial charge < -0.3 is 20.3 Å². The molecule has 0 bridgehead atoms. The third-order valence-corrected chi connectivity index (χ3v) is 5.04. The van der Waals surface area contributed by atoms with E-state index < -0.39 is 0 Å². The van der Waals surface area contributed by atoms with Crippen molar-refractivity contribution < 1.29 is 4.74 Å². The zero-order valence-electron chi connectivity index (χ0n) is 17.9. The quantitative estimate of drug-likeness (QED) is 0.591. The minimum Gasteiger partial charge on any atom is -0.379 e. The minimum absolute atomic E-state index is 0.0712. The molecule has 1 aliphatic rings. The summed E-state index contributed by atoms with van der Waals surface area (Å²) < 4.78 is 5.63. The lowest BCUT2D eigenvalue weighted by Crippen LogP contribution is -2.49. The van der Waals surface area contributed by atoms with Gasteiger partial charge in [-0.05, 0) is 44.2 Å². The van der Waals surface area contributed by atoms with Crippen molar-refractivity contribution >= 4 is 11.8 Å². The SMILES string of the molecule is CCNC(=NCC(OC)C(C)(C)C)NC1CCN(c2cccc(C)n2)CC1. The van der Waals surface area contributed by atoms with E-state index in [1.807, 2.05) is 13.0 Å². The fourth-order valence-corrected chi connectivity index (χ4v) is 3.35. The van der Waals surface area contributed by atoms with Crippen molar-refractivity contribution in [3.63, 3.8) is 0 Å². The highest BCUT2D eigenvalue weighted by molar-refractivity contribution is 5.80.